The van der Waals surface area contributed by atoms with Crippen LogP contribution in [0, 0.1) is 0 Å². The number of nitrogens with zero attached hydrogens (tertiary/aromatic N) is 1. The van der Waals surface area contributed by atoms with E-state index in [4.69, 9.17) is 11.6 Å². The van der Waals surface area contributed by atoms with Gasteiger partial charge in [-0.3, -0.25) is 4.79 Å². The van der Waals surface area contributed by atoms with Crippen LogP contribution in [0.5, 0.6) is 0 Å². The van der Waals surface area contributed by atoms with E-state index < -0.39 is 0 Å². The average molecular weight is 403 g/mol. The highest BCUT2D eigenvalue weighted by molar-refractivity contribution is 9.10. The Labute approximate surface area is 153 Å². The molecule has 0 saturated heterocycles. The predicted molar refractivity (Wildman–Crippen MR) is 101 cm³/mol. The summed E-state index contributed by atoms with van der Waals surface area (Å²) in [5.74, 6) is 0.232. The van der Waals surface area contributed by atoms with Crippen molar-refractivity contribution in [2.75, 3.05) is 10.6 Å². The summed E-state index contributed by atoms with van der Waals surface area (Å²) < 4.78 is 0.889. The smallest absolute Gasteiger partial charge is 0.259 e. The normalized spacial score (nSPS) is 10.2. The monoisotopic (exact) mass is 401 g/mol. The van der Waals surface area contributed by atoms with E-state index in [-0.39, 0.29) is 5.91 Å². The van der Waals surface area contributed by atoms with Gasteiger partial charge in [0, 0.05) is 21.4 Å². The average Bonchev–Trinajstić information content (AvgIpc) is 2.59. The third kappa shape index (κ3) is 3.93. The van der Waals surface area contributed by atoms with Gasteiger partial charge in [0.2, 0.25) is 0 Å². The molecule has 0 aliphatic rings. The first-order chi connectivity index (χ1) is 11.6. The Bertz CT molecular complexity index is 868. The highest BCUT2D eigenvalue weighted by Crippen LogP contribution is 2.26. The molecule has 0 saturated carbocycles. The Balaban J connectivity index is 1.84. The number of carbonyl (C=O) groups excluding carboxylic acids is 1. The minimum atomic E-state index is -0.250. The fourth-order valence-electron chi connectivity index (χ4n) is 2.11. The Morgan fingerprint density at radius 3 is 2.50 bits per heavy atom. The van der Waals surface area contributed by atoms with Crippen molar-refractivity contribution in [3.63, 3.8) is 0 Å². The molecule has 1 amide bonds. The Kier molecular flexibility index (Phi) is 5.13. The van der Waals surface area contributed by atoms with Crippen molar-refractivity contribution in [3.05, 3.63) is 81.9 Å². The molecule has 0 atom stereocenters. The van der Waals surface area contributed by atoms with Crippen molar-refractivity contribution in [1.29, 1.82) is 0 Å². The number of amides is 1. The SMILES string of the molecule is O=C(Nc1ccc(Cl)cc1)c1cccnc1Nc1ccccc1Br. The lowest BCUT2D eigenvalue weighted by atomic mass is 10.2. The van der Waals surface area contributed by atoms with E-state index in [0.29, 0.717) is 22.1 Å². The molecule has 0 aliphatic carbocycles. The third-order valence-corrected chi connectivity index (χ3v) is 4.22. The van der Waals surface area contributed by atoms with Crippen LogP contribution in [0.25, 0.3) is 0 Å². The lowest BCUT2D eigenvalue weighted by molar-refractivity contribution is 0.102. The Morgan fingerprint density at radius 2 is 1.75 bits per heavy atom. The number of carbonyl (C=O) groups is 1. The first-order valence-electron chi connectivity index (χ1n) is 7.17. The number of para-hydroxylation sites is 1. The minimum Gasteiger partial charge on any atom is -0.339 e. The second kappa shape index (κ2) is 7.47. The summed E-state index contributed by atoms with van der Waals surface area (Å²) in [6, 6.07) is 18.0. The molecule has 0 radical (unpaired) electrons. The second-order valence-electron chi connectivity index (χ2n) is 4.97. The zero-order valence-corrected chi connectivity index (χ0v) is 14.8. The van der Waals surface area contributed by atoms with E-state index in [1.165, 1.54) is 0 Å². The van der Waals surface area contributed by atoms with Crippen LogP contribution in [-0.4, -0.2) is 10.9 Å². The molecule has 6 heteroatoms. The first kappa shape index (κ1) is 16.5. The number of hydrogen-bond donors (Lipinski definition) is 2. The number of benzene rings is 2. The Hall–Kier alpha value is -2.37. The quantitative estimate of drug-likeness (QED) is 0.606. The lowest BCUT2D eigenvalue weighted by Crippen LogP contribution is -2.14. The molecule has 0 fully saturated rings. The van der Waals surface area contributed by atoms with Gasteiger partial charge >= 0.3 is 0 Å². The van der Waals surface area contributed by atoms with Crippen LogP contribution >= 0.6 is 27.5 Å². The van der Waals surface area contributed by atoms with Crippen molar-refractivity contribution >= 4 is 50.6 Å². The summed E-state index contributed by atoms with van der Waals surface area (Å²) in [6.45, 7) is 0. The van der Waals surface area contributed by atoms with Gasteiger partial charge in [-0.2, -0.15) is 0 Å². The minimum absolute atomic E-state index is 0.250. The molecular weight excluding hydrogens is 390 g/mol. The van der Waals surface area contributed by atoms with Gasteiger partial charge < -0.3 is 10.6 Å². The summed E-state index contributed by atoms with van der Waals surface area (Å²) in [5.41, 5.74) is 1.94. The molecule has 3 aromatic rings. The molecule has 1 aromatic heterocycles. The Morgan fingerprint density at radius 1 is 1.00 bits per heavy atom. The summed E-state index contributed by atoms with van der Waals surface area (Å²) in [6.07, 6.45) is 1.64. The van der Waals surface area contributed by atoms with E-state index in [0.717, 1.165) is 10.2 Å². The fraction of sp³-hybridized carbons (Fsp3) is 0. The summed E-state index contributed by atoms with van der Waals surface area (Å²) >= 11 is 9.33. The van der Waals surface area contributed by atoms with E-state index in [1.54, 1.807) is 42.6 Å². The van der Waals surface area contributed by atoms with Crippen LogP contribution in [0.1, 0.15) is 10.4 Å². The fourth-order valence-corrected chi connectivity index (χ4v) is 2.62. The first-order valence-corrected chi connectivity index (χ1v) is 8.34. The molecule has 0 spiro atoms. The van der Waals surface area contributed by atoms with Gasteiger partial charge in [-0.05, 0) is 64.5 Å². The van der Waals surface area contributed by atoms with Gasteiger partial charge in [0.25, 0.3) is 5.91 Å². The molecule has 4 nitrogen and oxygen atoms in total. The van der Waals surface area contributed by atoms with Gasteiger partial charge in [-0.1, -0.05) is 23.7 Å². The van der Waals surface area contributed by atoms with Gasteiger partial charge in [0.15, 0.2) is 0 Å². The molecule has 3 rings (SSSR count). The number of anilines is 3. The van der Waals surface area contributed by atoms with Gasteiger partial charge in [0.05, 0.1) is 11.3 Å². The van der Waals surface area contributed by atoms with Gasteiger partial charge in [-0.15, -0.1) is 0 Å². The lowest BCUT2D eigenvalue weighted by Gasteiger charge is -2.12. The molecule has 0 bridgehead atoms. The van der Waals surface area contributed by atoms with E-state index >= 15 is 0 Å². The number of aromatic nitrogens is 1. The van der Waals surface area contributed by atoms with Crippen molar-refractivity contribution < 1.29 is 4.79 Å². The maximum Gasteiger partial charge on any atom is 0.259 e. The van der Waals surface area contributed by atoms with Crippen LogP contribution in [-0.2, 0) is 0 Å². The topological polar surface area (TPSA) is 54.0 Å². The summed E-state index contributed by atoms with van der Waals surface area (Å²) in [5, 5.41) is 6.63. The van der Waals surface area contributed by atoms with Crippen molar-refractivity contribution in [1.82, 2.24) is 4.98 Å². The second-order valence-corrected chi connectivity index (χ2v) is 6.26. The standard InChI is InChI=1S/C18H13BrClN3O/c19-15-5-1-2-6-16(15)23-17-14(4-3-11-21-17)18(24)22-13-9-7-12(20)8-10-13/h1-11H,(H,21,23)(H,22,24). The molecule has 2 aromatic carbocycles. The molecule has 2 N–H and O–H groups in total. The van der Waals surface area contributed by atoms with E-state index in [2.05, 4.69) is 31.5 Å². The van der Waals surface area contributed by atoms with Crippen LogP contribution in [0.3, 0.4) is 0 Å². The predicted octanol–water partition coefficient (Wildman–Crippen LogP) is 5.49. The van der Waals surface area contributed by atoms with E-state index in [1.807, 2.05) is 24.3 Å². The zero-order chi connectivity index (χ0) is 16.9. The number of pyridine rings is 1. The van der Waals surface area contributed by atoms with Crippen LogP contribution < -0.4 is 10.6 Å². The van der Waals surface area contributed by atoms with E-state index in [9.17, 15) is 4.79 Å². The highest BCUT2D eigenvalue weighted by Gasteiger charge is 2.13. The van der Waals surface area contributed by atoms with Crippen molar-refractivity contribution in [2.45, 2.75) is 0 Å². The number of nitrogens with one attached hydrogen (secondary N) is 2. The highest BCUT2D eigenvalue weighted by atomic mass is 79.9. The third-order valence-electron chi connectivity index (χ3n) is 3.28. The maximum absolute atomic E-state index is 12.6. The number of halogens is 2. The van der Waals surface area contributed by atoms with Crippen molar-refractivity contribution in [3.8, 4) is 0 Å². The van der Waals surface area contributed by atoms with Crippen LogP contribution in [0.15, 0.2) is 71.3 Å². The van der Waals surface area contributed by atoms with Crippen LogP contribution in [0.2, 0.25) is 5.02 Å². The molecule has 0 aliphatic heterocycles. The van der Waals surface area contributed by atoms with Gasteiger partial charge in [0.1, 0.15) is 5.82 Å². The summed E-state index contributed by atoms with van der Waals surface area (Å²) in [4.78, 5) is 16.8. The number of hydrogen-bond acceptors (Lipinski definition) is 3. The number of rotatable bonds is 4. The summed E-state index contributed by atoms with van der Waals surface area (Å²) in [7, 11) is 0. The molecule has 24 heavy (non-hydrogen) atoms. The van der Waals surface area contributed by atoms with Crippen molar-refractivity contribution in [2.24, 2.45) is 0 Å². The largest absolute Gasteiger partial charge is 0.339 e. The maximum atomic E-state index is 12.6. The zero-order valence-electron chi connectivity index (χ0n) is 12.5. The van der Waals surface area contributed by atoms with Crippen LogP contribution in [0.4, 0.5) is 17.2 Å². The van der Waals surface area contributed by atoms with Gasteiger partial charge in [-0.25, -0.2) is 4.98 Å². The molecular formula is C18H13BrClN3O. The molecule has 1 heterocycles. The molecule has 120 valence electrons. The molecule has 0 unspecified atom stereocenters.